The van der Waals surface area contributed by atoms with Crippen molar-refractivity contribution in [2.24, 2.45) is 0 Å². The summed E-state index contributed by atoms with van der Waals surface area (Å²) >= 11 is 6.85. The maximum atomic E-state index is 5.81. The summed E-state index contributed by atoms with van der Waals surface area (Å²) in [4.78, 5) is 4.45. The van der Waals surface area contributed by atoms with Crippen LogP contribution in [0.3, 0.4) is 0 Å². The fraction of sp³-hybridized carbons (Fsp3) is 0. The Morgan fingerprint density at radius 2 is 1.94 bits per heavy atom. The van der Waals surface area contributed by atoms with Gasteiger partial charge in [-0.25, -0.2) is 4.98 Å². The average molecular weight is 368 g/mol. The van der Waals surface area contributed by atoms with Crippen molar-refractivity contribution < 1.29 is 4.42 Å². The summed E-state index contributed by atoms with van der Waals surface area (Å²) in [5.74, 6) is 0.560. The fourth-order valence-corrected chi connectivity index (χ4v) is 2.72. The van der Waals surface area contributed by atoms with Crippen molar-refractivity contribution in [1.29, 1.82) is 0 Å². The molecule has 0 saturated heterocycles. The zero-order valence-corrected chi connectivity index (χ0v) is 12.3. The number of fused-ring (bicyclic) bond motifs is 1. The van der Waals surface area contributed by atoms with E-state index < -0.39 is 0 Å². The van der Waals surface area contributed by atoms with Crippen molar-refractivity contribution in [1.82, 2.24) is 4.98 Å². The molecule has 3 aromatic rings. The van der Waals surface area contributed by atoms with Gasteiger partial charge in [-0.1, -0.05) is 22.0 Å². The zero-order valence-electron chi connectivity index (χ0n) is 9.15. The van der Waals surface area contributed by atoms with Gasteiger partial charge in [0.05, 0.1) is 4.47 Å². The summed E-state index contributed by atoms with van der Waals surface area (Å²) in [6.45, 7) is 0. The van der Waals surface area contributed by atoms with Crippen LogP contribution in [0.4, 0.5) is 5.69 Å². The molecular formula is C13H8Br2N2O. The van der Waals surface area contributed by atoms with Gasteiger partial charge in [0.15, 0.2) is 5.58 Å². The molecule has 90 valence electrons. The molecular weight excluding hydrogens is 360 g/mol. The highest BCUT2D eigenvalue weighted by Gasteiger charge is 2.11. The van der Waals surface area contributed by atoms with Crippen LogP contribution in [0.5, 0.6) is 0 Å². The standard InChI is InChI=1S/C13H8Br2N2O/c14-8-4-7(5-9(16)6-8)13-17-11-3-1-2-10(15)12(11)18-13/h1-6H,16H2. The van der Waals surface area contributed by atoms with E-state index in [1.807, 2.05) is 36.4 Å². The molecule has 0 saturated carbocycles. The van der Waals surface area contributed by atoms with Gasteiger partial charge in [-0.05, 0) is 46.3 Å². The van der Waals surface area contributed by atoms with Crippen molar-refractivity contribution in [2.75, 3.05) is 5.73 Å². The maximum Gasteiger partial charge on any atom is 0.227 e. The molecule has 3 rings (SSSR count). The van der Waals surface area contributed by atoms with Crippen molar-refractivity contribution in [3.05, 3.63) is 45.3 Å². The summed E-state index contributed by atoms with van der Waals surface area (Å²) in [6.07, 6.45) is 0. The van der Waals surface area contributed by atoms with Gasteiger partial charge in [0.25, 0.3) is 0 Å². The molecule has 0 atom stereocenters. The van der Waals surface area contributed by atoms with E-state index in [2.05, 4.69) is 36.8 Å². The number of nitrogens with two attached hydrogens (primary N) is 1. The number of hydrogen-bond acceptors (Lipinski definition) is 3. The Morgan fingerprint density at radius 1 is 1.11 bits per heavy atom. The molecule has 0 aliphatic rings. The number of nitrogen functional groups attached to an aromatic ring is 1. The summed E-state index contributed by atoms with van der Waals surface area (Å²) < 4.78 is 7.55. The van der Waals surface area contributed by atoms with Crippen molar-refractivity contribution in [3.8, 4) is 11.5 Å². The molecule has 1 heterocycles. The Hall–Kier alpha value is -1.33. The second-order valence-electron chi connectivity index (χ2n) is 3.88. The maximum absolute atomic E-state index is 5.81. The lowest BCUT2D eigenvalue weighted by molar-refractivity contribution is 0.618. The van der Waals surface area contributed by atoms with Crippen molar-refractivity contribution >= 4 is 48.6 Å². The normalized spacial score (nSPS) is 11.0. The predicted molar refractivity (Wildman–Crippen MR) is 79.3 cm³/mol. The third-order valence-electron chi connectivity index (χ3n) is 2.53. The van der Waals surface area contributed by atoms with Gasteiger partial charge in [-0.15, -0.1) is 0 Å². The number of para-hydroxylation sites is 1. The zero-order chi connectivity index (χ0) is 12.7. The smallest absolute Gasteiger partial charge is 0.227 e. The molecule has 1 aromatic heterocycles. The monoisotopic (exact) mass is 366 g/mol. The third-order valence-corrected chi connectivity index (χ3v) is 3.62. The average Bonchev–Trinajstić information content (AvgIpc) is 2.73. The minimum Gasteiger partial charge on any atom is -0.435 e. The van der Waals surface area contributed by atoms with Gasteiger partial charge in [0.2, 0.25) is 5.89 Å². The van der Waals surface area contributed by atoms with E-state index >= 15 is 0 Å². The minimum atomic E-state index is 0.560. The lowest BCUT2D eigenvalue weighted by Gasteiger charge is -1.99. The number of oxazole rings is 1. The number of hydrogen-bond donors (Lipinski definition) is 1. The molecule has 0 radical (unpaired) electrons. The largest absolute Gasteiger partial charge is 0.435 e. The van der Waals surface area contributed by atoms with E-state index in [1.165, 1.54) is 0 Å². The topological polar surface area (TPSA) is 52.0 Å². The lowest BCUT2D eigenvalue weighted by Crippen LogP contribution is -1.86. The minimum absolute atomic E-state index is 0.560. The SMILES string of the molecule is Nc1cc(Br)cc(-c2nc3cccc(Br)c3o2)c1. The molecule has 5 heteroatoms. The molecule has 3 nitrogen and oxygen atoms in total. The third kappa shape index (κ3) is 2.04. The number of anilines is 1. The molecule has 2 aromatic carbocycles. The summed E-state index contributed by atoms with van der Waals surface area (Å²) in [7, 11) is 0. The van der Waals surface area contributed by atoms with Crippen LogP contribution in [-0.4, -0.2) is 4.98 Å². The van der Waals surface area contributed by atoms with E-state index in [4.69, 9.17) is 10.2 Å². The van der Waals surface area contributed by atoms with Crippen molar-refractivity contribution in [2.45, 2.75) is 0 Å². The van der Waals surface area contributed by atoms with E-state index in [0.29, 0.717) is 11.6 Å². The summed E-state index contributed by atoms with van der Waals surface area (Å²) in [5.41, 5.74) is 8.89. The molecule has 0 aliphatic heterocycles. The van der Waals surface area contributed by atoms with E-state index in [9.17, 15) is 0 Å². The Kier molecular flexibility index (Phi) is 2.87. The van der Waals surface area contributed by atoms with Crippen LogP contribution >= 0.6 is 31.9 Å². The van der Waals surface area contributed by atoms with Gasteiger partial charge < -0.3 is 10.2 Å². The molecule has 0 unspecified atom stereocenters. The predicted octanol–water partition coefficient (Wildman–Crippen LogP) is 4.60. The van der Waals surface area contributed by atoms with Crippen LogP contribution in [-0.2, 0) is 0 Å². The van der Waals surface area contributed by atoms with Gasteiger partial charge in [0, 0.05) is 15.7 Å². The first-order valence-electron chi connectivity index (χ1n) is 5.25. The number of rotatable bonds is 1. The Labute approximate surface area is 120 Å². The molecule has 0 bridgehead atoms. The van der Waals surface area contributed by atoms with Gasteiger partial charge in [-0.2, -0.15) is 0 Å². The van der Waals surface area contributed by atoms with Crippen molar-refractivity contribution in [3.63, 3.8) is 0 Å². The molecule has 0 spiro atoms. The second kappa shape index (κ2) is 4.40. The second-order valence-corrected chi connectivity index (χ2v) is 5.65. The van der Waals surface area contributed by atoms with E-state index in [-0.39, 0.29) is 0 Å². The highest BCUT2D eigenvalue weighted by Crippen LogP contribution is 2.31. The lowest BCUT2D eigenvalue weighted by atomic mass is 10.2. The number of nitrogens with zero attached hydrogens (tertiary/aromatic N) is 1. The Balaban J connectivity index is 2.22. The first-order valence-corrected chi connectivity index (χ1v) is 6.83. The highest BCUT2D eigenvalue weighted by atomic mass is 79.9. The number of aromatic nitrogens is 1. The number of benzene rings is 2. The van der Waals surface area contributed by atoms with Gasteiger partial charge in [0.1, 0.15) is 5.52 Å². The van der Waals surface area contributed by atoms with Crippen LogP contribution in [0.2, 0.25) is 0 Å². The summed E-state index contributed by atoms with van der Waals surface area (Å²) in [6, 6.07) is 11.4. The van der Waals surface area contributed by atoms with Gasteiger partial charge in [-0.3, -0.25) is 0 Å². The molecule has 2 N–H and O–H groups in total. The fourth-order valence-electron chi connectivity index (χ4n) is 1.77. The molecule has 0 aliphatic carbocycles. The van der Waals surface area contributed by atoms with Crippen LogP contribution in [0.25, 0.3) is 22.6 Å². The first kappa shape index (κ1) is 11.7. The Bertz CT molecular complexity index is 717. The van der Waals surface area contributed by atoms with Crippen LogP contribution in [0, 0.1) is 0 Å². The molecule has 0 amide bonds. The van der Waals surface area contributed by atoms with E-state index in [1.54, 1.807) is 0 Å². The van der Waals surface area contributed by atoms with Crippen LogP contribution < -0.4 is 5.73 Å². The van der Waals surface area contributed by atoms with Crippen LogP contribution in [0.15, 0.2) is 49.8 Å². The quantitative estimate of drug-likeness (QED) is 0.639. The van der Waals surface area contributed by atoms with E-state index in [0.717, 1.165) is 25.6 Å². The highest BCUT2D eigenvalue weighted by molar-refractivity contribution is 9.11. The Morgan fingerprint density at radius 3 is 2.67 bits per heavy atom. The number of halogens is 2. The van der Waals surface area contributed by atoms with Gasteiger partial charge >= 0.3 is 0 Å². The molecule has 0 fully saturated rings. The first-order chi connectivity index (χ1) is 8.63. The van der Waals surface area contributed by atoms with Crippen LogP contribution in [0.1, 0.15) is 0 Å². The molecule has 18 heavy (non-hydrogen) atoms. The summed E-state index contributed by atoms with van der Waals surface area (Å²) in [5, 5.41) is 0.